The lowest BCUT2D eigenvalue weighted by Gasteiger charge is -2.08. The summed E-state index contributed by atoms with van der Waals surface area (Å²) in [4.78, 5) is 0. The standard InChI is InChI=1S/C17H17BrO/c1-12(2)9-16(19)11-17(18)15-8-7-13-5-3-4-6-14(13)10-15/h3-8,10-11,16,19H,1,9H2,2H3/b17-11-. The van der Waals surface area contributed by atoms with Crippen molar-refractivity contribution in [1.29, 1.82) is 0 Å². The molecule has 1 N–H and O–H groups in total. The molecule has 0 aliphatic rings. The molecule has 0 spiro atoms. The predicted octanol–water partition coefficient (Wildman–Crippen LogP) is 4.90. The summed E-state index contributed by atoms with van der Waals surface area (Å²) >= 11 is 3.53. The van der Waals surface area contributed by atoms with Gasteiger partial charge in [-0.25, -0.2) is 0 Å². The Morgan fingerprint density at radius 1 is 1.26 bits per heavy atom. The fraction of sp³-hybridized carbons (Fsp3) is 0.176. The molecule has 0 aromatic heterocycles. The molecule has 0 fully saturated rings. The second-order valence-corrected chi connectivity index (χ2v) is 5.66. The van der Waals surface area contributed by atoms with E-state index in [1.165, 1.54) is 10.8 Å². The average molecular weight is 317 g/mol. The molecule has 0 aliphatic carbocycles. The molecule has 1 atom stereocenters. The topological polar surface area (TPSA) is 20.2 Å². The van der Waals surface area contributed by atoms with Gasteiger partial charge in [-0.2, -0.15) is 0 Å². The van der Waals surface area contributed by atoms with Crippen molar-refractivity contribution in [3.05, 3.63) is 66.3 Å². The van der Waals surface area contributed by atoms with Gasteiger partial charge in [0.1, 0.15) is 0 Å². The maximum absolute atomic E-state index is 9.90. The second kappa shape index (κ2) is 6.18. The first-order valence-electron chi connectivity index (χ1n) is 6.25. The van der Waals surface area contributed by atoms with Crippen LogP contribution in [0.4, 0.5) is 0 Å². The van der Waals surface area contributed by atoms with Gasteiger partial charge in [0.25, 0.3) is 0 Å². The van der Waals surface area contributed by atoms with Crippen molar-refractivity contribution in [2.24, 2.45) is 0 Å². The summed E-state index contributed by atoms with van der Waals surface area (Å²) in [7, 11) is 0. The molecule has 0 amide bonds. The van der Waals surface area contributed by atoms with E-state index in [-0.39, 0.29) is 0 Å². The molecule has 2 aromatic rings. The molecular weight excluding hydrogens is 300 g/mol. The number of hydrogen-bond donors (Lipinski definition) is 1. The van der Waals surface area contributed by atoms with Crippen molar-refractivity contribution < 1.29 is 5.11 Å². The van der Waals surface area contributed by atoms with Crippen LogP contribution in [-0.4, -0.2) is 11.2 Å². The van der Waals surface area contributed by atoms with E-state index < -0.39 is 6.10 Å². The first kappa shape index (κ1) is 14.0. The number of hydrogen-bond acceptors (Lipinski definition) is 1. The zero-order chi connectivity index (χ0) is 13.8. The highest BCUT2D eigenvalue weighted by Crippen LogP contribution is 2.26. The van der Waals surface area contributed by atoms with Crippen LogP contribution in [0, 0.1) is 0 Å². The minimum atomic E-state index is -0.502. The Balaban J connectivity index is 2.28. The highest BCUT2D eigenvalue weighted by atomic mass is 79.9. The van der Waals surface area contributed by atoms with Gasteiger partial charge in [0.15, 0.2) is 0 Å². The SMILES string of the molecule is C=C(C)CC(O)/C=C(\Br)c1ccc2ccccc2c1. The van der Waals surface area contributed by atoms with Crippen LogP contribution in [0.5, 0.6) is 0 Å². The molecule has 2 rings (SSSR count). The Morgan fingerprint density at radius 3 is 2.63 bits per heavy atom. The normalized spacial score (nSPS) is 13.5. The molecule has 0 aliphatic heterocycles. The molecule has 2 heteroatoms. The number of fused-ring (bicyclic) bond motifs is 1. The third kappa shape index (κ3) is 3.79. The second-order valence-electron chi connectivity index (χ2n) is 4.81. The Kier molecular flexibility index (Phi) is 4.56. The van der Waals surface area contributed by atoms with Crippen LogP contribution in [0.15, 0.2) is 60.7 Å². The van der Waals surface area contributed by atoms with E-state index in [9.17, 15) is 5.11 Å². The van der Waals surface area contributed by atoms with Gasteiger partial charge >= 0.3 is 0 Å². The van der Waals surface area contributed by atoms with E-state index in [2.05, 4.69) is 52.8 Å². The summed E-state index contributed by atoms with van der Waals surface area (Å²) in [5, 5.41) is 12.3. The van der Waals surface area contributed by atoms with E-state index >= 15 is 0 Å². The van der Waals surface area contributed by atoms with Crippen molar-refractivity contribution in [3.8, 4) is 0 Å². The highest BCUT2D eigenvalue weighted by molar-refractivity contribution is 9.15. The summed E-state index contributed by atoms with van der Waals surface area (Å²) < 4.78 is 0.909. The fourth-order valence-corrected chi connectivity index (χ4v) is 2.57. The van der Waals surface area contributed by atoms with Gasteiger partial charge in [0.2, 0.25) is 0 Å². The molecule has 1 unspecified atom stereocenters. The number of halogens is 1. The van der Waals surface area contributed by atoms with Crippen molar-refractivity contribution in [2.45, 2.75) is 19.4 Å². The van der Waals surface area contributed by atoms with Crippen molar-refractivity contribution in [2.75, 3.05) is 0 Å². The van der Waals surface area contributed by atoms with Crippen LogP contribution in [0.25, 0.3) is 15.3 Å². The maximum Gasteiger partial charge on any atom is 0.0771 e. The third-order valence-electron chi connectivity index (χ3n) is 2.92. The average Bonchev–Trinajstić information content (AvgIpc) is 2.37. The lowest BCUT2D eigenvalue weighted by atomic mass is 10.1. The van der Waals surface area contributed by atoms with Crippen LogP contribution in [-0.2, 0) is 0 Å². The van der Waals surface area contributed by atoms with Crippen LogP contribution < -0.4 is 0 Å². The zero-order valence-corrected chi connectivity index (χ0v) is 12.5. The van der Waals surface area contributed by atoms with E-state index in [4.69, 9.17) is 0 Å². The predicted molar refractivity (Wildman–Crippen MR) is 86.3 cm³/mol. The summed E-state index contributed by atoms with van der Waals surface area (Å²) in [6.45, 7) is 5.73. The van der Waals surface area contributed by atoms with Gasteiger partial charge < -0.3 is 5.11 Å². The minimum absolute atomic E-state index is 0.502. The van der Waals surface area contributed by atoms with E-state index in [0.29, 0.717) is 6.42 Å². The van der Waals surface area contributed by atoms with E-state index in [1.54, 1.807) is 0 Å². The first-order valence-corrected chi connectivity index (χ1v) is 7.04. The van der Waals surface area contributed by atoms with Gasteiger partial charge in [-0.1, -0.05) is 57.9 Å². The van der Waals surface area contributed by atoms with Crippen molar-refractivity contribution >= 4 is 31.2 Å². The van der Waals surface area contributed by atoms with Gasteiger partial charge in [-0.05, 0) is 41.8 Å². The minimum Gasteiger partial charge on any atom is -0.389 e. The smallest absolute Gasteiger partial charge is 0.0771 e. The third-order valence-corrected chi connectivity index (χ3v) is 3.64. The first-order chi connectivity index (χ1) is 9.06. The zero-order valence-electron chi connectivity index (χ0n) is 10.9. The Bertz CT molecular complexity index is 628. The van der Waals surface area contributed by atoms with Gasteiger partial charge in [-0.3, -0.25) is 0 Å². The van der Waals surface area contributed by atoms with Crippen molar-refractivity contribution in [3.63, 3.8) is 0 Å². The Hall–Kier alpha value is -1.38. The lowest BCUT2D eigenvalue weighted by molar-refractivity contribution is 0.224. The molecule has 19 heavy (non-hydrogen) atoms. The molecule has 0 heterocycles. The van der Waals surface area contributed by atoms with Crippen molar-refractivity contribution in [1.82, 2.24) is 0 Å². The summed E-state index contributed by atoms with van der Waals surface area (Å²) in [5.74, 6) is 0. The Labute approximate surface area is 122 Å². The van der Waals surface area contributed by atoms with Gasteiger partial charge in [-0.15, -0.1) is 6.58 Å². The largest absolute Gasteiger partial charge is 0.389 e. The number of rotatable bonds is 4. The lowest BCUT2D eigenvalue weighted by Crippen LogP contribution is -2.02. The molecule has 1 nitrogen and oxygen atoms in total. The quantitative estimate of drug-likeness (QED) is 0.795. The summed E-state index contributed by atoms with van der Waals surface area (Å²) in [6, 6.07) is 14.5. The van der Waals surface area contributed by atoms with E-state index in [0.717, 1.165) is 15.6 Å². The number of benzene rings is 2. The monoisotopic (exact) mass is 316 g/mol. The molecule has 0 saturated heterocycles. The maximum atomic E-state index is 9.90. The molecule has 0 bridgehead atoms. The van der Waals surface area contributed by atoms with Crippen LogP contribution in [0.3, 0.4) is 0 Å². The van der Waals surface area contributed by atoms with Gasteiger partial charge in [0, 0.05) is 4.48 Å². The van der Waals surface area contributed by atoms with Crippen LogP contribution >= 0.6 is 15.9 Å². The number of aliphatic hydroxyl groups excluding tert-OH is 1. The summed E-state index contributed by atoms with van der Waals surface area (Å²) in [5.41, 5.74) is 2.04. The fourth-order valence-electron chi connectivity index (χ4n) is 2.02. The van der Waals surface area contributed by atoms with Crippen LogP contribution in [0.2, 0.25) is 0 Å². The Morgan fingerprint density at radius 2 is 1.95 bits per heavy atom. The van der Waals surface area contributed by atoms with Gasteiger partial charge in [0.05, 0.1) is 6.10 Å². The summed E-state index contributed by atoms with van der Waals surface area (Å²) in [6.07, 6.45) is 1.90. The molecule has 98 valence electrons. The molecule has 0 radical (unpaired) electrons. The molecule has 2 aromatic carbocycles. The highest BCUT2D eigenvalue weighted by Gasteiger charge is 2.04. The molecule has 0 saturated carbocycles. The molecular formula is C17H17BrO. The number of aliphatic hydroxyl groups is 1. The van der Waals surface area contributed by atoms with Crippen LogP contribution in [0.1, 0.15) is 18.9 Å². The van der Waals surface area contributed by atoms with E-state index in [1.807, 2.05) is 25.1 Å².